The van der Waals surface area contributed by atoms with Crippen LogP contribution in [0.4, 0.5) is 0 Å². The minimum absolute atomic E-state index is 0.112. The number of hydrogen-bond acceptors (Lipinski definition) is 5. The Morgan fingerprint density at radius 3 is 2.61 bits per heavy atom. The highest BCUT2D eigenvalue weighted by molar-refractivity contribution is 5.97. The molecule has 0 unspecified atom stereocenters. The van der Waals surface area contributed by atoms with Crippen LogP contribution in [-0.4, -0.2) is 50.1 Å². The smallest absolute Gasteiger partial charge is 0.251 e. The number of aliphatic hydroxyl groups excluding tert-OH is 1. The van der Waals surface area contributed by atoms with Crippen LogP contribution < -0.4 is 5.32 Å². The number of carbonyl (C=O) groups excluding carboxylic acids is 1. The van der Waals surface area contributed by atoms with Gasteiger partial charge in [0.25, 0.3) is 5.91 Å². The molecule has 0 radical (unpaired) electrons. The maximum Gasteiger partial charge on any atom is 0.251 e. The predicted octanol–water partition coefficient (Wildman–Crippen LogP) is 1.85. The van der Waals surface area contributed by atoms with Crippen molar-refractivity contribution >= 4 is 16.9 Å². The maximum atomic E-state index is 12.5. The van der Waals surface area contributed by atoms with E-state index in [1.54, 1.807) is 10.7 Å². The fourth-order valence-electron chi connectivity index (χ4n) is 3.55. The topological polar surface area (TPSA) is 83.3 Å². The van der Waals surface area contributed by atoms with Crippen molar-refractivity contribution < 1.29 is 9.90 Å². The van der Waals surface area contributed by atoms with Gasteiger partial charge in [0.15, 0.2) is 0 Å². The molecule has 2 N–H and O–H groups in total. The molecule has 1 aromatic heterocycles. The molecule has 7 nitrogen and oxygen atoms in total. The lowest BCUT2D eigenvalue weighted by molar-refractivity contribution is 0.0792. The Kier molecular flexibility index (Phi) is 5.36. The number of nitrogens with one attached hydrogen (secondary N) is 1. The van der Waals surface area contributed by atoms with E-state index in [1.165, 1.54) is 5.56 Å². The quantitative estimate of drug-likeness (QED) is 0.707. The number of aryl methyl sites for hydroxylation is 1. The van der Waals surface area contributed by atoms with Crippen LogP contribution >= 0.6 is 0 Å². The van der Waals surface area contributed by atoms with E-state index in [1.807, 2.05) is 19.2 Å². The van der Waals surface area contributed by atoms with Crippen molar-refractivity contribution in [1.29, 1.82) is 0 Å². The lowest BCUT2D eigenvalue weighted by atomic mass is 10.1. The number of rotatable bonds is 5. The summed E-state index contributed by atoms with van der Waals surface area (Å²) in [6.45, 7) is 3.26. The zero-order valence-corrected chi connectivity index (χ0v) is 16.0. The van der Waals surface area contributed by atoms with E-state index in [-0.39, 0.29) is 12.0 Å². The highest BCUT2D eigenvalue weighted by Crippen LogP contribution is 2.15. The van der Waals surface area contributed by atoms with Crippen molar-refractivity contribution in [3.05, 3.63) is 59.2 Å². The van der Waals surface area contributed by atoms with Crippen LogP contribution in [0.3, 0.4) is 0 Å². The Bertz CT molecular complexity index is 959. The minimum Gasteiger partial charge on any atom is -0.393 e. The lowest BCUT2D eigenvalue weighted by Crippen LogP contribution is -2.35. The minimum atomic E-state index is -0.142. The van der Waals surface area contributed by atoms with Gasteiger partial charge in [0, 0.05) is 38.8 Å². The van der Waals surface area contributed by atoms with Gasteiger partial charge in [-0.2, -0.15) is 0 Å². The summed E-state index contributed by atoms with van der Waals surface area (Å²) >= 11 is 0. The molecular weight excluding hydrogens is 354 g/mol. The van der Waals surface area contributed by atoms with Crippen molar-refractivity contribution in [2.45, 2.75) is 32.0 Å². The molecule has 146 valence electrons. The molecule has 1 aliphatic rings. The average molecular weight is 379 g/mol. The largest absolute Gasteiger partial charge is 0.393 e. The Balaban J connectivity index is 1.32. The van der Waals surface area contributed by atoms with Crippen LogP contribution in [0.25, 0.3) is 11.0 Å². The zero-order chi connectivity index (χ0) is 19.5. The number of carbonyl (C=O) groups is 1. The summed E-state index contributed by atoms with van der Waals surface area (Å²) < 4.78 is 1.66. The van der Waals surface area contributed by atoms with Crippen LogP contribution in [0.1, 0.15) is 34.3 Å². The van der Waals surface area contributed by atoms with Gasteiger partial charge in [0.2, 0.25) is 0 Å². The zero-order valence-electron chi connectivity index (χ0n) is 16.0. The second-order valence-corrected chi connectivity index (χ2v) is 7.42. The first-order chi connectivity index (χ1) is 13.6. The van der Waals surface area contributed by atoms with Crippen molar-refractivity contribution in [1.82, 2.24) is 25.2 Å². The van der Waals surface area contributed by atoms with Gasteiger partial charge >= 0.3 is 0 Å². The van der Waals surface area contributed by atoms with Crippen LogP contribution in [0.2, 0.25) is 0 Å². The van der Waals surface area contributed by atoms with Gasteiger partial charge in [0.05, 0.1) is 11.6 Å². The summed E-state index contributed by atoms with van der Waals surface area (Å²) in [5.74, 6) is -0.112. The molecule has 28 heavy (non-hydrogen) atoms. The molecule has 1 saturated heterocycles. The number of likely N-dealkylation sites (tertiary alicyclic amines) is 1. The van der Waals surface area contributed by atoms with Gasteiger partial charge < -0.3 is 10.4 Å². The Morgan fingerprint density at radius 1 is 1.14 bits per heavy atom. The third-order valence-electron chi connectivity index (χ3n) is 5.31. The third kappa shape index (κ3) is 4.21. The normalized spacial score (nSPS) is 15.8. The van der Waals surface area contributed by atoms with Crippen LogP contribution in [0, 0.1) is 0 Å². The number of aliphatic hydroxyl groups is 1. The van der Waals surface area contributed by atoms with Gasteiger partial charge in [0.1, 0.15) is 5.52 Å². The van der Waals surface area contributed by atoms with Gasteiger partial charge in [-0.15, -0.1) is 5.10 Å². The fourth-order valence-corrected chi connectivity index (χ4v) is 3.55. The lowest BCUT2D eigenvalue weighted by Gasteiger charge is -2.29. The Morgan fingerprint density at radius 2 is 1.86 bits per heavy atom. The number of piperidine rings is 1. The van der Waals surface area contributed by atoms with Gasteiger partial charge in [-0.05, 0) is 42.2 Å². The molecule has 0 atom stereocenters. The first-order valence-corrected chi connectivity index (χ1v) is 9.64. The van der Waals surface area contributed by atoms with E-state index in [2.05, 4.69) is 44.8 Å². The summed E-state index contributed by atoms with van der Waals surface area (Å²) in [6, 6.07) is 13.7. The fraction of sp³-hybridized carbons (Fsp3) is 0.381. The van der Waals surface area contributed by atoms with E-state index in [0.717, 1.165) is 49.1 Å². The summed E-state index contributed by atoms with van der Waals surface area (Å²) in [6.07, 6.45) is 1.56. The molecule has 3 aromatic rings. The SMILES string of the molecule is Cn1nnc2ccc(C(=O)NCc3ccc(CN4CCC(O)CC4)cc3)cc21. The van der Waals surface area contributed by atoms with Gasteiger partial charge in [-0.1, -0.05) is 29.5 Å². The third-order valence-corrected chi connectivity index (χ3v) is 5.31. The number of hydrogen-bond donors (Lipinski definition) is 2. The molecular formula is C21H25N5O2. The van der Waals surface area contributed by atoms with Gasteiger partial charge in [-0.25, -0.2) is 4.68 Å². The predicted molar refractivity (Wildman–Crippen MR) is 107 cm³/mol. The molecule has 1 aliphatic heterocycles. The summed E-state index contributed by atoms with van der Waals surface area (Å²) in [5.41, 5.74) is 4.52. The Labute approximate surface area is 164 Å². The van der Waals surface area contributed by atoms with Crippen molar-refractivity contribution in [2.75, 3.05) is 13.1 Å². The first-order valence-electron chi connectivity index (χ1n) is 9.64. The summed E-state index contributed by atoms with van der Waals surface area (Å²) in [7, 11) is 1.81. The highest BCUT2D eigenvalue weighted by atomic mass is 16.3. The molecule has 1 fully saturated rings. The second kappa shape index (κ2) is 8.08. The number of nitrogens with zero attached hydrogens (tertiary/aromatic N) is 4. The first kappa shape index (κ1) is 18.6. The second-order valence-electron chi connectivity index (χ2n) is 7.42. The van der Waals surface area contributed by atoms with E-state index in [9.17, 15) is 9.90 Å². The summed E-state index contributed by atoms with van der Waals surface area (Å²) in [4.78, 5) is 14.8. The average Bonchev–Trinajstić information content (AvgIpc) is 3.09. The van der Waals surface area contributed by atoms with Gasteiger partial charge in [-0.3, -0.25) is 9.69 Å². The van der Waals surface area contributed by atoms with E-state index in [4.69, 9.17) is 0 Å². The number of aromatic nitrogens is 3. The molecule has 0 aliphatic carbocycles. The molecule has 0 spiro atoms. The Hall–Kier alpha value is -2.77. The number of benzene rings is 2. The maximum absolute atomic E-state index is 12.5. The van der Waals surface area contributed by atoms with Crippen molar-refractivity contribution in [2.24, 2.45) is 7.05 Å². The molecule has 1 amide bonds. The van der Waals surface area contributed by atoms with E-state index in [0.29, 0.717) is 12.1 Å². The molecule has 0 bridgehead atoms. The standard InChI is InChI=1S/C21H25N5O2/c1-25-20-12-17(6-7-19(20)23-24-25)21(28)22-13-15-2-4-16(5-3-15)14-26-10-8-18(27)9-11-26/h2-7,12,18,27H,8-11,13-14H2,1H3,(H,22,28). The van der Waals surface area contributed by atoms with Crippen LogP contribution in [0.5, 0.6) is 0 Å². The molecule has 4 rings (SSSR count). The monoisotopic (exact) mass is 379 g/mol. The molecule has 0 saturated carbocycles. The van der Waals surface area contributed by atoms with Crippen molar-refractivity contribution in [3.8, 4) is 0 Å². The molecule has 7 heteroatoms. The van der Waals surface area contributed by atoms with Crippen molar-refractivity contribution in [3.63, 3.8) is 0 Å². The van der Waals surface area contributed by atoms with Crippen LogP contribution in [0.15, 0.2) is 42.5 Å². The summed E-state index contributed by atoms with van der Waals surface area (Å²) in [5, 5.41) is 20.6. The molecule has 2 heterocycles. The highest BCUT2D eigenvalue weighted by Gasteiger charge is 2.16. The molecule has 2 aromatic carbocycles. The van der Waals surface area contributed by atoms with E-state index < -0.39 is 0 Å². The number of fused-ring (bicyclic) bond motifs is 1. The number of amides is 1. The van der Waals surface area contributed by atoms with E-state index >= 15 is 0 Å². The van der Waals surface area contributed by atoms with Crippen LogP contribution in [-0.2, 0) is 20.1 Å².